The van der Waals surface area contributed by atoms with Crippen LogP contribution in [0, 0.1) is 5.92 Å². The molecule has 0 radical (unpaired) electrons. The van der Waals surface area contributed by atoms with Crippen molar-refractivity contribution in [2.75, 3.05) is 14.2 Å². The van der Waals surface area contributed by atoms with Crippen molar-refractivity contribution >= 4 is 23.4 Å². The van der Waals surface area contributed by atoms with Gasteiger partial charge in [-0.1, -0.05) is 49.7 Å². The maximum Gasteiger partial charge on any atom is 0.261 e. The fourth-order valence-electron chi connectivity index (χ4n) is 3.66. The molecule has 30 heavy (non-hydrogen) atoms. The summed E-state index contributed by atoms with van der Waals surface area (Å²) < 4.78 is 10.4. The Kier molecular flexibility index (Phi) is 6.87. The van der Waals surface area contributed by atoms with Crippen molar-refractivity contribution in [1.29, 1.82) is 0 Å². The SMILES string of the molecule is COc1ccc(CN2C(=O)[C@H](Cl)N(Cc3ccc(OC)cc3)C(=O)[C@@H]2C(C)C)cc1. The number of alkyl halides is 1. The molecule has 0 aromatic heterocycles. The van der Waals surface area contributed by atoms with Gasteiger partial charge in [0.15, 0.2) is 5.50 Å². The molecule has 0 spiro atoms. The van der Waals surface area contributed by atoms with E-state index < -0.39 is 11.5 Å². The highest BCUT2D eigenvalue weighted by Crippen LogP contribution is 2.29. The summed E-state index contributed by atoms with van der Waals surface area (Å²) in [6, 6.07) is 14.3. The summed E-state index contributed by atoms with van der Waals surface area (Å²) in [4.78, 5) is 29.6. The molecular formula is C23H27ClN2O4. The minimum absolute atomic E-state index is 0.0535. The number of methoxy groups -OCH3 is 2. The quantitative estimate of drug-likeness (QED) is 0.496. The molecule has 0 unspecified atom stereocenters. The van der Waals surface area contributed by atoms with E-state index in [0.29, 0.717) is 6.54 Å². The lowest BCUT2D eigenvalue weighted by Crippen LogP contribution is -2.63. The molecule has 2 aromatic carbocycles. The van der Waals surface area contributed by atoms with Crippen LogP contribution in [0.1, 0.15) is 25.0 Å². The normalized spacial score (nSPS) is 19.4. The minimum atomic E-state index is -1.05. The Balaban J connectivity index is 1.83. The first-order valence-electron chi connectivity index (χ1n) is 9.86. The van der Waals surface area contributed by atoms with Crippen LogP contribution < -0.4 is 9.47 Å². The van der Waals surface area contributed by atoms with E-state index in [1.807, 2.05) is 62.4 Å². The highest BCUT2D eigenvalue weighted by molar-refractivity contribution is 6.32. The van der Waals surface area contributed by atoms with Crippen LogP contribution in [0.2, 0.25) is 0 Å². The van der Waals surface area contributed by atoms with Crippen LogP contribution in [0.5, 0.6) is 11.5 Å². The molecule has 2 amide bonds. The molecule has 160 valence electrons. The second kappa shape index (κ2) is 9.39. The third kappa shape index (κ3) is 4.54. The molecule has 0 bridgehead atoms. The molecule has 1 aliphatic rings. The Hall–Kier alpha value is -2.73. The lowest BCUT2D eigenvalue weighted by atomic mass is 9.97. The highest BCUT2D eigenvalue weighted by Gasteiger charge is 2.46. The van der Waals surface area contributed by atoms with E-state index in [2.05, 4.69) is 0 Å². The third-order valence-electron chi connectivity index (χ3n) is 5.29. The van der Waals surface area contributed by atoms with Gasteiger partial charge in [0, 0.05) is 13.1 Å². The number of carbonyl (C=O) groups excluding carboxylic acids is 2. The Morgan fingerprint density at radius 2 is 1.23 bits per heavy atom. The van der Waals surface area contributed by atoms with E-state index in [4.69, 9.17) is 21.1 Å². The van der Waals surface area contributed by atoms with Gasteiger partial charge in [-0.05, 0) is 41.3 Å². The molecule has 1 aliphatic heterocycles. The monoisotopic (exact) mass is 430 g/mol. The lowest BCUT2D eigenvalue weighted by molar-refractivity contribution is -0.161. The number of amides is 2. The third-order valence-corrected chi connectivity index (χ3v) is 5.71. The average molecular weight is 431 g/mol. The van der Waals surface area contributed by atoms with Crippen molar-refractivity contribution in [3.8, 4) is 11.5 Å². The first-order valence-corrected chi connectivity index (χ1v) is 10.3. The Morgan fingerprint density at radius 1 is 0.800 bits per heavy atom. The van der Waals surface area contributed by atoms with Gasteiger partial charge in [-0.3, -0.25) is 9.59 Å². The molecule has 0 saturated carbocycles. The van der Waals surface area contributed by atoms with Crippen LogP contribution >= 0.6 is 11.6 Å². The number of hydrogen-bond acceptors (Lipinski definition) is 4. The van der Waals surface area contributed by atoms with E-state index in [1.54, 1.807) is 19.1 Å². The van der Waals surface area contributed by atoms with Gasteiger partial charge >= 0.3 is 0 Å². The maximum atomic E-state index is 13.4. The summed E-state index contributed by atoms with van der Waals surface area (Å²) in [6.07, 6.45) is 0. The summed E-state index contributed by atoms with van der Waals surface area (Å²) in [5.74, 6) is 1.00. The van der Waals surface area contributed by atoms with Gasteiger partial charge in [0.05, 0.1) is 14.2 Å². The van der Waals surface area contributed by atoms with Crippen molar-refractivity contribution in [3.05, 3.63) is 59.7 Å². The maximum absolute atomic E-state index is 13.4. The van der Waals surface area contributed by atoms with Crippen molar-refractivity contribution in [1.82, 2.24) is 9.80 Å². The standard InChI is InChI=1S/C23H27ClN2O4/c1-15(2)20-22(27)26(14-17-7-11-19(30-4)12-8-17)21(24)23(28)25(20)13-16-5-9-18(29-3)10-6-16/h5-12,15,20-21H,13-14H2,1-4H3/t20-,21+/m0/s1. The molecule has 6 nitrogen and oxygen atoms in total. The van der Waals surface area contributed by atoms with E-state index in [1.165, 1.54) is 4.90 Å². The number of carbonyl (C=O) groups is 2. The zero-order valence-corrected chi connectivity index (χ0v) is 18.4. The Morgan fingerprint density at radius 3 is 1.63 bits per heavy atom. The van der Waals surface area contributed by atoms with Crippen LogP contribution in [-0.2, 0) is 22.7 Å². The summed E-state index contributed by atoms with van der Waals surface area (Å²) in [5.41, 5.74) is 0.747. The first kappa shape index (κ1) is 22.0. The van der Waals surface area contributed by atoms with E-state index >= 15 is 0 Å². The van der Waals surface area contributed by atoms with Gasteiger partial charge in [-0.15, -0.1) is 0 Å². The number of rotatable bonds is 7. The zero-order chi connectivity index (χ0) is 21.8. The summed E-state index contributed by atoms with van der Waals surface area (Å²) in [7, 11) is 3.20. The number of hydrogen-bond donors (Lipinski definition) is 0. The molecule has 2 aromatic rings. The van der Waals surface area contributed by atoms with Crippen molar-refractivity contribution in [3.63, 3.8) is 0 Å². The summed E-state index contributed by atoms with van der Waals surface area (Å²) >= 11 is 6.48. The van der Waals surface area contributed by atoms with Gasteiger partial charge in [0.1, 0.15) is 17.5 Å². The fourth-order valence-corrected chi connectivity index (χ4v) is 3.95. The molecule has 1 heterocycles. The highest BCUT2D eigenvalue weighted by atomic mass is 35.5. The molecule has 7 heteroatoms. The summed E-state index contributed by atoms with van der Waals surface area (Å²) in [5, 5.41) is 0. The number of ether oxygens (including phenoxy) is 2. The molecule has 1 saturated heterocycles. The van der Waals surface area contributed by atoms with Crippen molar-refractivity contribution in [2.45, 2.75) is 38.5 Å². The molecule has 1 fully saturated rings. The number of nitrogens with zero attached hydrogens (tertiary/aromatic N) is 2. The number of piperazine rings is 1. The molecule has 2 atom stereocenters. The molecular weight excluding hydrogens is 404 g/mol. The van der Waals surface area contributed by atoms with Crippen molar-refractivity contribution in [2.24, 2.45) is 5.92 Å². The van der Waals surface area contributed by atoms with Crippen LogP contribution in [-0.4, -0.2) is 47.4 Å². The van der Waals surface area contributed by atoms with Gasteiger partial charge in [-0.2, -0.15) is 0 Å². The van der Waals surface area contributed by atoms with Gasteiger partial charge in [0.25, 0.3) is 5.91 Å². The Bertz CT molecular complexity index is 883. The van der Waals surface area contributed by atoms with Crippen LogP contribution in [0.4, 0.5) is 0 Å². The molecule has 0 N–H and O–H groups in total. The van der Waals surface area contributed by atoms with Gasteiger partial charge in [-0.25, -0.2) is 0 Å². The Labute approximate surface area is 182 Å². The average Bonchev–Trinajstić information content (AvgIpc) is 2.75. The van der Waals surface area contributed by atoms with Crippen molar-refractivity contribution < 1.29 is 19.1 Å². The predicted molar refractivity (Wildman–Crippen MR) is 115 cm³/mol. The fraction of sp³-hybridized carbons (Fsp3) is 0.391. The molecule has 0 aliphatic carbocycles. The van der Waals surface area contributed by atoms with E-state index in [-0.39, 0.29) is 24.3 Å². The van der Waals surface area contributed by atoms with Crippen LogP contribution in [0.15, 0.2) is 48.5 Å². The predicted octanol–water partition coefficient (Wildman–Crippen LogP) is 3.66. The van der Waals surface area contributed by atoms with E-state index in [9.17, 15) is 9.59 Å². The largest absolute Gasteiger partial charge is 0.497 e. The number of halogens is 1. The summed E-state index contributed by atoms with van der Waals surface area (Å²) in [6.45, 7) is 4.47. The minimum Gasteiger partial charge on any atom is -0.497 e. The first-order chi connectivity index (χ1) is 14.3. The second-order valence-electron chi connectivity index (χ2n) is 7.65. The van der Waals surface area contributed by atoms with Crippen LogP contribution in [0.3, 0.4) is 0 Å². The smallest absolute Gasteiger partial charge is 0.261 e. The zero-order valence-electron chi connectivity index (χ0n) is 17.7. The van der Waals surface area contributed by atoms with Gasteiger partial charge < -0.3 is 19.3 Å². The molecule has 3 rings (SSSR count). The van der Waals surface area contributed by atoms with Crippen LogP contribution in [0.25, 0.3) is 0 Å². The number of benzene rings is 2. The lowest BCUT2D eigenvalue weighted by Gasteiger charge is -2.44. The second-order valence-corrected chi connectivity index (χ2v) is 8.07. The van der Waals surface area contributed by atoms with Gasteiger partial charge in [0.2, 0.25) is 5.91 Å². The topological polar surface area (TPSA) is 59.1 Å². The van der Waals surface area contributed by atoms with E-state index in [0.717, 1.165) is 22.6 Å².